The lowest BCUT2D eigenvalue weighted by Crippen LogP contribution is -2.33. The Morgan fingerprint density at radius 2 is 1.75 bits per heavy atom. The van der Waals surface area contributed by atoms with Gasteiger partial charge in [0.15, 0.2) is 11.0 Å². The minimum Gasteiger partial charge on any atom is -0.465 e. The fourth-order valence-corrected chi connectivity index (χ4v) is 4.40. The molecule has 3 aromatic rings. The molecule has 0 spiro atoms. The van der Waals surface area contributed by atoms with Crippen LogP contribution >= 0.6 is 11.8 Å². The van der Waals surface area contributed by atoms with Gasteiger partial charge in [0.25, 0.3) is 5.91 Å². The van der Waals surface area contributed by atoms with Crippen molar-refractivity contribution < 1.29 is 19.1 Å². The summed E-state index contributed by atoms with van der Waals surface area (Å²) in [6, 6.07) is 13.7. The fourth-order valence-electron chi connectivity index (χ4n) is 3.59. The van der Waals surface area contributed by atoms with Crippen LogP contribution in [0.3, 0.4) is 0 Å². The van der Waals surface area contributed by atoms with E-state index in [1.165, 1.54) is 18.9 Å². The smallest absolute Gasteiger partial charge is 0.339 e. The van der Waals surface area contributed by atoms with E-state index in [4.69, 9.17) is 4.74 Å². The number of carbonyl (C=O) groups excluding carboxylic acids is 3. The second kappa shape index (κ2) is 12.3. The highest BCUT2D eigenvalue weighted by Crippen LogP contribution is 2.26. The topological polar surface area (TPSA) is 115 Å². The van der Waals surface area contributed by atoms with E-state index in [1.807, 2.05) is 44.4 Å². The maximum atomic E-state index is 12.9. The Morgan fingerprint density at radius 3 is 2.39 bits per heavy atom. The van der Waals surface area contributed by atoms with Gasteiger partial charge < -0.3 is 19.9 Å². The van der Waals surface area contributed by atoms with Crippen LogP contribution in [0.4, 0.5) is 5.69 Å². The maximum absolute atomic E-state index is 12.9. The van der Waals surface area contributed by atoms with Crippen LogP contribution < -0.4 is 10.6 Å². The van der Waals surface area contributed by atoms with Crippen molar-refractivity contribution in [3.8, 4) is 0 Å². The molecule has 0 aliphatic heterocycles. The van der Waals surface area contributed by atoms with Crippen LogP contribution in [0.1, 0.15) is 58.9 Å². The van der Waals surface area contributed by atoms with E-state index < -0.39 is 5.97 Å². The van der Waals surface area contributed by atoms with Crippen LogP contribution in [-0.4, -0.2) is 45.4 Å². The van der Waals surface area contributed by atoms with Gasteiger partial charge >= 0.3 is 5.97 Å². The number of nitrogens with one attached hydrogen (secondary N) is 2. The zero-order chi connectivity index (χ0) is 26.2. The van der Waals surface area contributed by atoms with Crippen LogP contribution in [0.25, 0.3) is 0 Å². The van der Waals surface area contributed by atoms with Gasteiger partial charge in [0.2, 0.25) is 5.91 Å². The average Bonchev–Trinajstić information content (AvgIpc) is 3.28. The number of nitrogens with zero attached hydrogens (tertiary/aromatic N) is 3. The standard InChI is InChI=1S/C26H31N5O4S/c1-6-31-23(22(16(2)3)28-24(33)18-13-11-17(4)12-14-18)29-30-26(31)36-15-21(32)27-20-10-8-7-9-19(20)25(34)35-5/h7-14,16,22H,6,15H2,1-5H3,(H,27,32)(H,28,33)/t22-/m1/s1. The van der Waals surface area contributed by atoms with Gasteiger partial charge in [0.05, 0.1) is 30.2 Å². The molecule has 0 radical (unpaired) electrons. The summed E-state index contributed by atoms with van der Waals surface area (Å²) in [6.07, 6.45) is 0. The van der Waals surface area contributed by atoms with E-state index in [-0.39, 0.29) is 35.1 Å². The third kappa shape index (κ3) is 6.51. The number of benzene rings is 2. The Labute approximate surface area is 215 Å². The molecular weight excluding hydrogens is 478 g/mol. The van der Waals surface area contributed by atoms with Crippen LogP contribution in [0, 0.1) is 12.8 Å². The quantitative estimate of drug-likeness (QED) is 0.310. The van der Waals surface area contributed by atoms with Gasteiger partial charge in [-0.1, -0.05) is 55.4 Å². The van der Waals surface area contributed by atoms with Crippen molar-refractivity contribution in [2.75, 3.05) is 18.2 Å². The van der Waals surface area contributed by atoms with E-state index in [0.29, 0.717) is 28.8 Å². The van der Waals surface area contributed by atoms with E-state index in [1.54, 1.807) is 36.4 Å². The molecule has 0 bridgehead atoms. The largest absolute Gasteiger partial charge is 0.465 e. The van der Waals surface area contributed by atoms with Gasteiger partial charge in [-0.3, -0.25) is 9.59 Å². The molecule has 3 rings (SSSR count). The number of anilines is 1. The minimum atomic E-state index is -0.527. The van der Waals surface area contributed by atoms with Gasteiger partial charge in [0, 0.05) is 12.1 Å². The molecule has 0 aliphatic carbocycles. The van der Waals surface area contributed by atoms with Crippen LogP contribution in [0.15, 0.2) is 53.7 Å². The summed E-state index contributed by atoms with van der Waals surface area (Å²) < 4.78 is 6.68. The van der Waals surface area contributed by atoms with Crippen molar-refractivity contribution >= 4 is 35.2 Å². The number of hydrogen-bond acceptors (Lipinski definition) is 7. The zero-order valence-corrected chi connectivity index (χ0v) is 21.9. The summed E-state index contributed by atoms with van der Waals surface area (Å²) in [5.41, 5.74) is 2.32. The highest BCUT2D eigenvalue weighted by Gasteiger charge is 2.26. The SMILES string of the molecule is CCn1c(SCC(=O)Nc2ccccc2C(=O)OC)nnc1[C@H](NC(=O)c1ccc(C)cc1)C(C)C. The number of carbonyl (C=O) groups is 3. The Kier molecular flexibility index (Phi) is 9.24. The molecule has 1 heterocycles. The first-order chi connectivity index (χ1) is 17.2. The Hall–Kier alpha value is -3.66. The van der Waals surface area contributed by atoms with Crippen molar-refractivity contribution in [2.45, 2.75) is 45.4 Å². The van der Waals surface area contributed by atoms with Crippen LogP contribution in [0.2, 0.25) is 0 Å². The zero-order valence-electron chi connectivity index (χ0n) is 21.1. The summed E-state index contributed by atoms with van der Waals surface area (Å²) in [5.74, 6) is -0.248. The fraction of sp³-hybridized carbons (Fsp3) is 0.346. The number of hydrogen-bond donors (Lipinski definition) is 2. The number of amides is 2. The summed E-state index contributed by atoms with van der Waals surface area (Å²) in [7, 11) is 1.29. The number of ether oxygens (including phenoxy) is 1. The first-order valence-electron chi connectivity index (χ1n) is 11.7. The third-order valence-corrected chi connectivity index (χ3v) is 6.51. The van der Waals surface area contributed by atoms with Crippen molar-refractivity contribution in [1.29, 1.82) is 0 Å². The van der Waals surface area contributed by atoms with Crippen molar-refractivity contribution in [2.24, 2.45) is 5.92 Å². The van der Waals surface area contributed by atoms with Crippen molar-refractivity contribution in [1.82, 2.24) is 20.1 Å². The lowest BCUT2D eigenvalue weighted by atomic mass is 10.0. The van der Waals surface area contributed by atoms with Gasteiger partial charge in [-0.05, 0) is 44.0 Å². The Balaban J connectivity index is 1.72. The second-order valence-corrected chi connectivity index (χ2v) is 9.46. The molecule has 0 saturated carbocycles. The van der Waals surface area contributed by atoms with Gasteiger partial charge in [-0.2, -0.15) is 0 Å². The predicted octanol–water partition coefficient (Wildman–Crippen LogP) is 4.25. The lowest BCUT2D eigenvalue weighted by Gasteiger charge is -2.22. The summed E-state index contributed by atoms with van der Waals surface area (Å²) in [6.45, 7) is 8.52. The molecule has 1 atom stereocenters. The molecule has 2 N–H and O–H groups in total. The van der Waals surface area contributed by atoms with Gasteiger partial charge in [0.1, 0.15) is 0 Å². The predicted molar refractivity (Wildman–Crippen MR) is 139 cm³/mol. The van der Waals surface area contributed by atoms with Crippen molar-refractivity contribution in [3.63, 3.8) is 0 Å². The number of para-hydroxylation sites is 1. The Morgan fingerprint density at radius 1 is 1.06 bits per heavy atom. The molecule has 36 heavy (non-hydrogen) atoms. The molecule has 0 aliphatic rings. The Bertz CT molecular complexity index is 1220. The van der Waals surface area contributed by atoms with Gasteiger partial charge in [-0.25, -0.2) is 4.79 Å². The molecule has 0 fully saturated rings. The number of rotatable bonds is 10. The summed E-state index contributed by atoms with van der Waals surface area (Å²) in [5, 5.41) is 15.1. The molecule has 1 aromatic heterocycles. The van der Waals surface area contributed by atoms with E-state index >= 15 is 0 Å². The number of thioether (sulfide) groups is 1. The summed E-state index contributed by atoms with van der Waals surface area (Å²) >= 11 is 1.23. The summed E-state index contributed by atoms with van der Waals surface area (Å²) in [4.78, 5) is 37.5. The first-order valence-corrected chi connectivity index (χ1v) is 12.6. The van der Waals surface area contributed by atoms with E-state index in [0.717, 1.165) is 5.56 Å². The van der Waals surface area contributed by atoms with Gasteiger partial charge in [-0.15, -0.1) is 10.2 Å². The van der Waals surface area contributed by atoms with E-state index in [2.05, 4.69) is 20.8 Å². The second-order valence-electron chi connectivity index (χ2n) is 8.52. The molecule has 9 nitrogen and oxygen atoms in total. The molecule has 10 heteroatoms. The van der Waals surface area contributed by atoms with E-state index in [9.17, 15) is 14.4 Å². The monoisotopic (exact) mass is 509 g/mol. The molecule has 2 amide bonds. The third-order valence-electron chi connectivity index (χ3n) is 5.55. The van der Waals surface area contributed by atoms with Crippen LogP contribution in [-0.2, 0) is 16.1 Å². The average molecular weight is 510 g/mol. The number of esters is 1. The van der Waals surface area contributed by atoms with Crippen molar-refractivity contribution in [3.05, 3.63) is 71.0 Å². The molecule has 0 unspecified atom stereocenters. The number of aromatic nitrogens is 3. The molecule has 190 valence electrons. The highest BCUT2D eigenvalue weighted by atomic mass is 32.2. The molecule has 0 saturated heterocycles. The van der Waals surface area contributed by atoms with Crippen LogP contribution in [0.5, 0.6) is 0 Å². The highest BCUT2D eigenvalue weighted by molar-refractivity contribution is 7.99. The first kappa shape index (κ1) is 26.9. The minimum absolute atomic E-state index is 0.0601. The molecule has 2 aromatic carbocycles. The number of aryl methyl sites for hydroxylation is 1. The maximum Gasteiger partial charge on any atom is 0.339 e. The molecular formula is C26H31N5O4S. The lowest BCUT2D eigenvalue weighted by molar-refractivity contribution is -0.113. The normalized spacial score (nSPS) is 11.7. The number of methoxy groups -OCH3 is 1.